The van der Waals surface area contributed by atoms with Crippen LogP contribution in [0.3, 0.4) is 0 Å². The van der Waals surface area contributed by atoms with Gasteiger partial charge in [-0.1, -0.05) is 31.5 Å². The van der Waals surface area contributed by atoms with Gasteiger partial charge in [-0.05, 0) is 63.1 Å². The Morgan fingerprint density at radius 3 is 2.40 bits per heavy atom. The quantitative estimate of drug-likeness (QED) is 0.161. The summed E-state index contributed by atoms with van der Waals surface area (Å²) in [7, 11) is 1.71. The number of aromatic nitrogens is 7. The maximum atomic E-state index is 6.49. The van der Waals surface area contributed by atoms with E-state index in [1.165, 1.54) is 32.0 Å². The number of hydrogen-bond acceptors (Lipinski definition) is 11. The van der Waals surface area contributed by atoms with Crippen LogP contribution in [-0.2, 0) is 16.0 Å². The van der Waals surface area contributed by atoms with Crippen molar-refractivity contribution in [2.45, 2.75) is 96.1 Å². The lowest BCUT2D eigenvalue weighted by molar-refractivity contribution is -0.0458. The number of nitrogens with one attached hydrogen (secondary N) is 1. The second kappa shape index (κ2) is 15.2. The van der Waals surface area contributed by atoms with E-state index >= 15 is 0 Å². The Hall–Kier alpha value is -3.78. The first-order valence-corrected chi connectivity index (χ1v) is 18.1. The van der Waals surface area contributed by atoms with Gasteiger partial charge >= 0.3 is 0 Å². The van der Waals surface area contributed by atoms with Crippen molar-refractivity contribution >= 4 is 23.2 Å². The molecule has 3 fully saturated rings. The summed E-state index contributed by atoms with van der Waals surface area (Å²) >= 11 is 6.49. The summed E-state index contributed by atoms with van der Waals surface area (Å²) in [6, 6.07) is 7.77. The minimum Gasteiger partial charge on any atom is -0.487 e. The lowest BCUT2D eigenvalue weighted by Gasteiger charge is -2.43. The van der Waals surface area contributed by atoms with Crippen molar-refractivity contribution in [3.8, 4) is 22.8 Å². The number of nitrogens with zero attached hydrogens (tertiary/aromatic N) is 8. The van der Waals surface area contributed by atoms with Gasteiger partial charge in [-0.3, -0.25) is 9.58 Å². The van der Waals surface area contributed by atoms with Crippen LogP contribution >= 0.6 is 11.6 Å². The zero-order valence-electron chi connectivity index (χ0n) is 29.4. The number of anilines is 2. The SMILES string of the molecule is COCC(C)(C)COc1nn(C2CCC(N3[C@@H]4CC[C@H]3COC4)CC2)cc1Nc1ncc(-c2ccc(Cl)c(O[C@@H](C)Cn3cncn3)c2)cn1. The molecule has 0 radical (unpaired) electrons. The molecule has 0 spiro atoms. The van der Waals surface area contributed by atoms with Crippen LogP contribution in [-0.4, -0.2) is 97.2 Å². The molecule has 2 saturated heterocycles. The molecular weight excluding hydrogens is 658 g/mol. The molecule has 5 heterocycles. The summed E-state index contributed by atoms with van der Waals surface area (Å²) in [5.74, 6) is 1.57. The number of benzene rings is 1. The van der Waals surface area contributed by atoms with Gasteiger partial charge in [0.15, 0.2) is 0 Å². The molecule has 0 unspecified atom stereocenters. The number of halogens is 1. The van der Waals surface area contributed by atoms with Gasteiger partial charge in [0.25, 0.3) is 5.88 Å². The number of hydrogen-bond donors (Lipinski definition) is 1. The molecule has 0 amide bonds. The van der Waals surface area contributed by atoms with Crippen LogP contribution in [0, 0.1) is 5.41 Å². The van der Waals surface area contributed by atoms with Crippen molar-refractivity contribution in [1.82, 2.24) is 39.4 Å². The Bertz CT molecular complexity index is 1680. The fourth-order valence-corrected chi connectivity index (χ4v) is 7.77. The monoisotopic (exact) mass is 705 g/mol. The molecule has 3 aromatic heterocycles. The summed E-state index contributed by atoms with van der Waals surface area (Å²) in [4.78, 5) is 16.1. The molecule has 1 aromatic carbocycles. The molecule has 13 nitrogen and oxygen atoms in total. The zero-order valence-corrected chi connectivity index (χ0v) is 30.1. The van der Waals surface area contributed by atoms with E-state index in [4.69, 9.17) is 35.6 Å². The van der Waals surface area contributed by atoms with Gasteiger partial charge in [-0.25, -0.2) is 19.6 Å². The van der Waals surface area contributed by atoms with Crippen molar-refractivity contribution in [2.24, 2.45) is 5.41 Å². The minimum atomic E-state index is -0.182. The highest BCUT2D eigenvalue weighted by Gasteiger charge is 2.42. The van der Waals surface area contributed by atoms with Crippen LogP contribution in [0.4, 0.5) is 11.6 Å². The average molecular weight is 706 g/mol. The zero-order chi connectivity index (χ0) is 34.7. The molecule has 14 heteroatoms. The third-order valence-electron chi connectivity index (χ3n) is 9.99. The number of fused-ring (bicyclic) bond motifs is 2. The maximum Gasteiger partial charge on any atom is 0.256 e. The van der Waals surface area contributed by atoms with Crippen molar-refractivity contribution in [3.63, 3.8) is 0 Å². The molecule has 50 heavy (non-hydrogen) atoms. The van der Waals surface area contributed by atoms with Crippen molar-refractivity contribution in [3.05, 3.63) is 54.5 Å². The third kappa shape index (κ3) is 8.06. The number of morpholine rings is 1. The highest BCUT2D eigenvalue weighted by atomic mass is 35.5. The lowest BCUT2D eigenvalue weighted by atomic mass is 9.89. The smallest absolute Gasteiger partial charge is 0.256 e. The molecule has 1 N–H and O–H groups in total. The summed E-state index contributed by atoms with van der Waals surface area (Å²) in [5, 5.41) is 13.0. The van der Waals surface area contributed by atoms with Gasteiger partial charge in [0, 0.05) is 48.6 Å². The second-order valence-electron chi connectivity index (χ2n) is 14.7. The van der Waals surface area contributed by atoms with Crippen LogP contribution in [0.25, 0.3) is 11.1 Å². The van der Waals surface area contributed by atoms with E-state index in [0.717, 1.165) is 42.9 Å². The molecule has 1 saturated carbocycles. The molecule has 7 rings (SSSR count). The topological polar surface area (TPSA) is 127 Å². The summed E-state index contributed by atoms with van der Waals surface area (Å²) in [6.07, 6.45) is 15.6. The van der Waals surface area contributed by atoms with Gasteiger partial charge in [-0.15, -0.1) is 5.10 Å². The maximum absolute atomic E-state index is 6.49. The normalized spacial score (nSPS) is 23.1. The van der Waals surface area contributed by atoms with Crippen LogP contribution in [0.5, 0.6) is 11.6 Å². The Morgan fingerprint density at radius 2 is 1.70 bits per heavy atom. The Morgan fingerprint density at radius 1 is 0.980 bits per heavy atom. The van der Waals surface area contributed by atoms with E-state index in [1.54, 1.807) is 30.5 Å². The van der Waals surface area contributed by atoms with Gasteiger partial charge < -0.3 is 24.3 Å². The molecule has 1 aliphatic carbocycles. The predicted molar refractivity (Wildman–Crippen MR) is 190 cm³/mol. The van der Waals surface area contributed by atoms with Crippen LogP contribution in [0.2, 0.25) is 5.02 Å². The lowest BCUT2D eigenvalue weighted by Crippen LogP contribution is -2.52. The molecule has 4 aromatic rings. The number of methoxy groups -OCH3 is 1. The molecule has 3 atom stereocenters. The first-order valence-electron chi connectivity index (χ1n) is 17.7. The highest BCUT2D eigenvalue weighted by Crippen LogP contribution is 2.40. The molecule has 2 aliphatic heterocycles. The van der Waals surface area contributed by atoms with Gasteiger partial charge in [-0.2, -0.15) is 5.10 Å². The average Bonchev–Trinajstić information content (AvgIpc) is 3.83. The van der Waals surface area contributed by atoms with Crippen molar-refractivity contribution < 1.29 is 18.9 Å². The standard InChI is InChI=1S/C36H48ClN9O4/c1-24(16-44-23-38-22-41-44)50-33-13-25(5-12-31(33)37)26-14-39-35(40-15-26)42-32-17-45(43-34(32)49-21-36(2,3)20-47-4)27-6-8-28(9-7-27)46-29-10-11-30(46)19-48-18-29/h5,12-15,17,22-24,27-30H,6-11,16,18-21H2,1-4H3,(H,39,40,42)/t24-,27?,28?,29-,30+/m0/s1. The molecule has 2 bridgehead atoms. The Kier molecular flexibility index (Phi) is 10.6. The van der Waals surface area contributed by atoms with E-state index in [0.29, 0.717) is 66.5 Å². The van der Waals surface area contributed by atoms with Crippen molar-refractivity contribution in [1.29, 1.82) is 0 Å². The van der Waals surface area contributed by atoms with E-state index in [1.807, 2.05) is 31.3 Å². The number of ether oxygens (including phenoxy) is 4. The van der Waals surface area contributed by atoms with E-state index < -0.39 is 0 Å². The fourth-order valence-electron chi connectivity index (χ4n) is 7.61. The van der Waals surface area contributed by atoms with Gasteiger partial charge in [0.2, 0.25) is 5.95 Å². The van der Waals surface area contributed by atoms with Crippen LogP contribution < -0.4 is 14.8 Å². The summed E-state index contributed by atoms with van der Waals surface area (Å²) in [5.41, 5.74) is 2.28. The van der Waals surface area contributed by atoms with Gasteiger partial charge in [0.05, 0.1) is 50.2 Å². The van der Waals surface area contributed by atoms with Gasteiger partial charge in [0.1, 0.15) is 30.2 Å². The number of rotatable bonds is 14. The van der Waals surface area contributed by atoms with E-state index in [-0.39, 0.29) is 11.5 Å². The Balaban J connectivity index is 1.04. The predicted octanol–water partition coefficient (Wildman–Crippen LogP) is 6.19. The minimum absolute atomic E-state index is 0.167. The van der Waals surface area contributed by atoms with E-state index in [9.17, 15) is 0 Å². The van der Waals surface area contributed by atoms with Crippen molar-refractivity contribution in [2.75, 3.05) is 38.9 Å². The Labute approximate surface area is 298 Å². The highest BCUT2D eigenvalue weighted by molar-refractivity contribution is 6.32. The summed E-state index contributed by atoms with van der Waals surface area (Å²) < 4.78 is 27.6. The third-order valence-corrected chi connectivity index (χ3v) is 10.3. The van der Waals surface area contributed by atoms with E-state index in [2.05, 4.69) is 48.8 Å². The molecule has 3 aliphatic rings. The second-order valence-corrected chi connectivity index (χ2v) is 15.1. The largest absolute Gasteiger partial charge is 0.487 e. The first-order chi connectivity index (χ1) is 24.2. The summed E-state index contributed by atoms with van der Waals surface area (Å²) in [6.45, 7) is 9.55. The first kappa shape index (κ1) is 34.7. The van der Waals surface area contributed by atoms with Crippen LogP contribution in [0.15, 0.2) is 49.4 Å². The molecular formula is C36H48ClN9O4. The molecule has 268 valence electrons. The fraction of sp³-hybridized carbons (Fsp3) is 0.583. The van der Waals surface area contributed by atoms with Crippen LogP contribution in [0.1, 0.15) is 65.3 Å².